The van der Waals surface area contributed by atoms with Crippen LogP contribution in [-0.4, -0.2) is 25.7 Å². The van der Waals surface area contributed by atoms with Gasteiger partial charge in [0, 0.05) is 6.54 Å². The highest BCUT2D eigenvalue weighted by Gasteiger charge is 2.41. The zero-order valence-corrected chi connectivity index (χ0v) is 11.2. The molecule has 3 nitrogen and oxygen atoms in total. The third kappa shape index (κ3) is 3.32. The summed E-state index contributed by atoms with van der Waals surface area (Å²) >= 11 is 0. The summed E-state index contributed by atoms with van der Waals surface area (Å²) in [7, 11) is 0. The van der Waals surface area contributed by atoms with E-state index in [-0.39, 0.29) is 11.8 Å². The Balaban J connectivity index is 2.17. The Morgan fingerprint density at radius 2 is 2.16 bits per heavy atom. The van der Waals surface area contributed by atoms with Crippen LogP contribution in [-0.2, 0) is 16.0 Å². The van der Waals surface area contributed by atoms with Crippen LogP contribution in [0.3, 0.4) is 0 Å². The molecule has 1 aromatic rings. The SMILES string of the molecule is CCOC(=O)[C@@]1(Cc2ccc(F)cc2)CCCNC1. The second-order valence-electron chi connectivity index (χ2n) is 5.08. The largest absolute Gasteiger partial charge is 0.466 e. The highest BCUT2D eigenvalue weighted by atomic mass is 19.1. The average molecular weight is 265 g/mol. The number of benzene rings is 1. The number of rotatable bonds is 4. The summed E-state index contributed by atoms with van der Waals surface area (Å²) in [4.78, 5) is 12.3. The van der Waals surface area contributed by atoms with Crippen molar-refractivity contribution < 1.29 is 13.9 Å². The Morgan fingerprint density at radius 1 is 1.42 bits per heavy atom. The van der Waals surface area contributed by atoms with E-state index in [1.165, 1.54) is 12.1 Å². The number of ether oxygens (including phenoxy) is 1. The molecular formula is C15H20FNO2. The van der Waals surface area contributed by atoms with Crippen molar-refractivity contribution in [3.63, 3.8) is 0 Å². The van der Waals surface area contributed by atoms with Gasteiger partial charge in [0.15, 0.2) is 0 Å². The van der Waals surface area contributed by atoms with Gasteiger partial charge in [0.2, 0.25) is 0 Å². The number of halogens is 1. The van der Waals surface area contributed by atoms with Gasteiger partial charge in [0.25, 0.3) is 0 Å². The van der Waals surface area contributed by atoms with Crippen molar-refractivity contribution in [1.82, 2.24) is 5.32 Å². The van der Waals surface area contributed by atoms with Crippen molar-refractivity contribution in [2.75, 3.05) is 19.7 Å². The number of nitrogens with one attached hydrogen (secondary N) is 1. The third-order valence-electron chi connectivity index (χ3n) is 3.64. The fourth-order valence-corrected chi connectivity index (χ4v) is 2.64. The fourth-order valence-electron chi connectivity index (χ4n) is 2.64. The summed E-state index contributed by atoms with van der Waals surface area (Å²) in [6, 6.07) is 6.35. The van der Waals surface area contributed by atoms with Crippen LogP contribution in [0.2, 0.25) is 0 Å². The van der Waals surface area contributed by atoms with E-state index in [4.69, 9.17) is 4.74 Å². The van der Waals surface area contributed by atoms with E-state index in [0.29, 0.717) is 19.6 Å². The molecule has 4 heteroatoms. The third-order valence-corrected chi connectivity index (χ3v) is 3.64. The van der Waals surface area contributed by atoms with Crippen LogP contribution in [0.1, 0.15) is 25.3 Å². The van der Waals surface area contributed by atoms with Crippen molar-refractivity contribution in [2.45, 2.75) is 26.2 Å². The Hall–Kier alpha value is -1.42. The van der Waals surface area contributed by atoms with Gasteiger partial charge in [-0.2, -0.15) is 0 Å². The predicted molar refractivity (Wildman–Crippen MR) is 71.3 cm³/mol. The highest BCUT2D eigenvalue weighted by molar-refractivity contribution is 5.77. The van der Waals surface area contributed by atoms with Gasteiger partial charge >= 0.3 is 5.97 Å². The van der Waals surface area contributed by atoms with Gasteiger partial charge in [-0.3, -0.25) is 4.79 Å². The van der Waals surface area contributed by atoms with Gasteiger partial charge in [0.1, 0.15) is 5.82 Å². The lowest BCUT2D eigenvalue weighted by Crippen LogP contribution is -2.47. The highest BCUT2D eigenvalue weighted by Crippen LogP contribution is 2.32. The first-order valence-corrected chi connectivity index (χ1v) is 6.79. The molecule has 19 heavy (non-hydrogen) atoms. The minimum atomic E-state index is -0.508. The summed E-state index contributed by atoms with van der Waals surface area (Å²) in [5.74, 6) is -0.401. The van der Waals surface area contributed by atoms with E-state index < -0.39 is 5.41 Å². The van der Waals surface area contributed by atoms with E-state index in [1.54, 1.807) is 12.1 Å². The van der Waals surface area contributed by atoms with Crippen LogP contribution in [0.4, 0.5) is 4.39 Å². The summed E-state index contributed by atoms with van der Waals surface area (Å²) in [5.41, 5.74) is 0.463. The van der Waals surface area contributed by atoms with Gasteiger partial charge in [0.05, 0.1) is 12.0 Å². The number of hydrogen-bond donors (Lipinski definition) is 1. The topological polar surface area (TPSA) is 38.3 Å². The Morgan fingerprint density at radius 3 is 2.74 bits per heavy atom. The second-order valence-corrected chi connectivity index (χ2v) is 5.08. The lowest BCUT2D eigenvalue weighted by molar-refractivity contribution is -0.156. The monoisotopic (exact) mass is 265 g/mol. The molecule has 1 heterocycles. The summed E-state index contributed by atoms with van der Waals surface area (Å²) in [6.45, 7) is 3.78. The van der Waals surface area contributed by atoms with Gasteiger partial charge in [-0.05, 0) is 50.4 Å². The summed E-state index contributed by atoms with van der Waals surface area (Å²) in [5, 5.41) is 3.27. The minimum Gasteiger partial charge on any atom is -0.466 e. The molecule has 2 rings (SSSR count). The molecule has 1 aliphatic rings. The van der Waals surface area contributed by atoms with E-state index in [9.17, 15) is 9.18 Å². The molecule has 1 atom stereocenters. The Labute approximate surface area is 113 Å². The van der Waals surface area contributed by atoms with Gasteiger partial charge < -0.3 is 10.1 Å². The molecule has 1 aromatic carbocycles. The maximum Gasteiger partial charge on any atom is 0.313 e. The van der Waals surface area contributed by atoms with E-state index in [0.717, 1.165) is 24.9 Å². The molecule has 0 spiro atoms. The second kappa shape index (κ2) is 6.15. The molecule has 0 unspecified atom stereocenters. The molecule has 0 radical (unpaired) electrons. The molecule has 1 aliphatic heterocycles. The van der Waals surface area contributed by atoms with Crippen LogP contribution in [0.25, 0.3) is 0 Å². The number of carbonyl (C=O) groups is 1. The molecule has 0 aliphatic carbocycles. The number of piperidine rings is 1. The Kier molecular flexibility index (Phi) is 4.53. The van der Waals surface area contributed by atoms with Crippen molar-refractivity contribution >= 4 is 5.97 Å². The van der Waals surface area contributed by atoms with Crippen molar-refractivity contribution in [3.8, 4) is 0 Å². The smallest absolute Gasteiger partial charge is 0.313 e. The lowest BCUT2D eigenvalue weighted by Gasteiger charge is -2.35. The van der Waals surface area contributed by atoms with Crippen LogP contribution in [0.5, 0.6) is 0 Å². The average Bonchev–Trinajstić information content (AvgIpc) is 2.43. The first-order valence-electron chi connectivity index (χ1n) is 6.79. The zero-order chi connectivity index (χ0) is 13.7. The van der Waals surface area contributed by atoms with Crippen molar-refractivity contribution in [2.24, 2.45) is 5.41 Å². The molecule has 0 aromatic heterocycles. The van der Waals surface area contributed by atoms with Crippen LogP contribution >= 0.6 is 0 Å². The van der Waals surface area contributed by atoms with Gasteiger partial charge in [-0.1, -0.05) is 12.1 Å². The fraction of sp³-hybridized carbons (Fsp3) is 0.533. The standard InChI is InChI=1S/C15H20FNO2/c1-2-19-14(18)15(8-3-9-17-11-15)10-12-4-6-13(16)7-5-12/h4-7,17H,2-3,8-11H2,1H3/t15-/m1/s1. The molecule has 1 fully saturated rings. The predicted octanol–water partition coefficient (Wildman–Crippen LogP) is 2.30. The number of hydrogen-bond acceptors (Lipinski definition) is 3. The molecule has 1 N–H and O–H groups in total. The first-order chi connectivity index (χ1) is 9.16. The van der Waals surface area contributed by atoms with Crippen molar-refractivity contribution in [1.29, 1.82) is 0 Å². The Bertz CT molecular complexity index is 424. The lowest BCUT2D eigenvalue weighted by atomic mass is 9.76. The number of esters is 1. The normalized spacial score (nSPS) is 23.1. The quantitative estimate of drug-likeness (QED) is 0.849. The van der Waals surface area contributed by atoms with E-state index in [1.807, 2.05) is 6.92 Å². The van der Waals surface area contributed by atoms with E-state index in [2.05, 4.69) is 5.32 Å². The number of carbonyl (C=O) groups excluding carboxylic acids is 1. The van der Waals surface area contributed by atoms with Crippen molar-refractivity contribution in [3.05, 3.63) is 35.6 Å². The molecule has 0 amide bonds. The molecule has 1 saturated heterocycles. The maximum atomic E-state index is 12.9. The summed E-state index contributed by atoms with van der Waals surface area (Å²) in [6.07, 6.45) is 2.37. The molecule has 104 valence electrons. The molecule has 0 bridgehead atoms. The molecular weight excluding hydrogens is 245 g/mol. The van der Waals surface area contributed by atoms with Crippen LogP contribution in [0.15, 0.2) is 24.3 Å². The molecule has 0 saturated carbocycles. The zero-order valence-electron chi connectivity index (χ0n) is 11.2. The minimum absolute atomic E-state index is 0.147. The summed E-state index contributed by atoms with van der Waals surface area (Å²) < 4.78 is 18.2. The van der Waals surface area contributed by atoms with Crippen LogP contribution in [0, 0.1) is 11.2 Å². The van der Waals surface area contributed by atoms with E-state index >= 15 is 0 Å². The maximum absolute atomic E-state index is 12.9. The first kappa shape index (κ1) is 14.0. The van der Waals surface area contributed by atoms with Gasteiger partial charge in [-0.15, -0.1) is 0 Å². The van der Waals surface area contributed by atoms with Crippen LogP contribution < -0.4 is 5.32 Å². The van der Waals surface area contributed by atoms with Gasteiger partial charge in [-0.25, -0.2) is 4.39 Å².